The summed E-state index contributed by atoms with van der Waals surface area (Å²) in [6, 6.07) is 0. The fourth-order valence-corrected chi connectivity index (χ4v) is 2.02. The topological polar surface area (TPSA) is 101 Å². The van der Waals surface area contributed by atoms with Gasteiger partial charge in [-0.2, -0.15) is 0 Å². The summed E-state index contributed by atoms with van der Waals surface area (Å²) in [5.74, 6) is -0.594. The molecule has 0 fully saturated rings. The van der Waals surface area contributed by atoms with Gasteiger partial charge in [-0.25, -0.2) is 4.98 Å². The van der Waals surface area contributed by atoms with E-state index in [1.165, 1.54) is 18.2 Å². The maximum atomic E-state index is 12.2. The summed E-state index contributed by atoms with van der Waals surface area (Å²) in [5.41, 5.74) is 7.74. The van der Waals surface area contributed by atoms with Crippen LogP contribution in [-0.4, -0.2) is 22.2 Å². The molecule has 1 heterocycles. The molecule has 1 aromatic heterocycles. The number of hydrogen-bond donors (Lipinski definition) is 3. The van der Waals surface area contributed by atoms with E-state index in [0.717, 1.165) is 5.69 Å². The highest BCUT2D eigenvalue weighted by Crippen LogP contribution is 2.23. The van der Waals surface area contributed by atoms with Crippen LogP contribution in [0.4, 0.5) is 0 Å². The Bertz CT molecular complexity index is 759. The Morgan fingerprint density at radius 3 is 2.41 bits per heavy atom. The Hall–Kier alpha value is -3.15. The van der Waals surface area contributed by atoms with E-state index in [1.807, 2.05) is 34.6 Å². The maximum Gasteiger partial charge on any atom is 0.271 e. The molecule has 0 aromatic carbocycles. The molecule has 1 aromatic rings. The number of nitrogens with two attached hydrogens (primary N) is 1. The number of aromatic nitrogens is 2. The maximum absolute atomic E-state index is 12.2. The molecule has 0 saturated heterocycles. The number of H-pyrrole nitrogens is 1. The first-order valence-corrected chi connectivity index (χ1v) is 8.67. The van der Waals surface area contributed by atoms with E-state index in [0.29, 0.717) is 17.6 Å². The third-order valence-corrected chi connectivity index (χ3v) is 3.23. The van der Waals surface area contributed by atoms with E-state index in [1.54, 1.807) is 18.5 Å². The first kappa shape index (κ1) is 23.9. The smallest absolute Gasteiger partial charge is 0.271 e. The zero-order valence-electron chi connectivity index (χ0n) is 16.8. The summed E-state index contributed by atoms with van der Waals surface area (Å²) in [4.78, 5) is 30.6. The van der Waals surface area contributed by atoms with Gasteiger partial charge in [0, 0.05) is 11.1 Å². The molecule has 0 unspecified atom stereocenters. The van der Waals surface area contributed by atoms with Crippen LogP contribution in [0.25, 0.3) is 6.08 Å². The van der Waals surface area contributed by atoms with Crippen LogP contribution in [0.1, 0.15) is 46.0 Å². The first-order chi connectivity index (χ1) is 12.7. The number of rotatable bonds is 7. The number of amides is 1. The summed E-state index contributed by atoms with van der Waals surface area (Å²) >= 11 is 0. The van der Waals surface area contributed by atoms with E-state index < -0.39 is 5.91 Å². The van der Waals surface area contributed by atoms with Crippen molar-refractivity contribution < 1.29 is 9.59 Å². The lowest BCUT2D eigenvalue weighted by molar-refractivity contribution is -0.118. The van der Waals surface area contributed by atoms with Gasteiger partial charge in [-0.05, 0) is 17.7 Å². The molecule has 1 amide bonds. The molecule has 0 aliphatic heterocycles. The number of hydrogen-bond acceptors (Lipinski definition) is 4. The number of nitrogens with one attached hydrogen (secondary N) is 2. The Balaban J connectivity index is 0.00000326. The van der Waals surface area contributed by atoms with Crippen molar-refractivity contribution in [2.24, 2.45) is 5.73 Å². The molecule has 0 bridgehead atoms. The number of carbonyl (C=O) groups is 2. The minimum Gasteiger partial charge on any atom is -0.394 e. The van der Waals surface area contributed by atoms with Crippen molar-refractivity contribution in [3.05, 3.63) is 72.1 Å². The lowest BCUT2D eigenvalue weighted by Gasteiger charge is -2.17. The second-order valence-electron chi connectivity index (χ2n) is 6.29. The molecule has 4 N–H and O–H groups in total. The number of aromatic amines is 1. The van der Waals surface area contributed by atoms with Crippen LogP contribution in [0.15, 0.2) is 60.8 Å². The summed E-state index contributed by atoms with van der Waals surface area (Å²) in [6.45, 7) is 17.3. The number of nitrogens with zero attached hydrogens (tertiary/aromatic N) is 1. The van der Waals surface area contributed by atoms with Crippen molar-refractivity contribution in [3.8, 4) is 0 Å². The largest absolute Gasteiger partial charge is 0.394 e. The summed E-state index contributed by atoms with van der Waals surface area (Å²) in [5, 5.41) is 2.46. The van der Waals surface area contributed by atoms with Crippen molar-refractivity contribution in [3.63, 3.8) is 0 Å². The molecular formula is C21H30N4O2. The summed E-state index contributed by atoms with van der Waals surface area (Å²) in [7, 11) is 0. The Morgan fingerprint density at radius 2 is 1.93 bits per heavy atom. The van der Waals surface area contributed by atoms with E-state index in [2.05, 4.69) is 28.4 Å². The molecule has 1 rings (SSSR count). The van der Waals surface area contributed by atoms with Crippen molar-refractivity contribution >= 4 is 18.3 Å². The van der Waals surface area contributed by atoms with E-state index in [4.69, 9.17) is 5.73 Å². The Morgan fingerprint density at radius 1 is 1.30 bits per heavy atom. The second-order valence-corrected chi connectivity index (χ2v) is 6.29. The van der Waals surface area contributed by atoms with Crippen molar-refractivity contribution in [2.45, 2.75) is 40.0 Å². The lowest BCUT2D eigenvalue weighted by Crippen LogP contribution is -2.28. The van der Waals surface area contributed by atoms with Crippen LogP contribution in [0.2, 0.25) is 0 Å². The van der Waals surface area contributed by atoms with Gasteiger partial charge >= 0.3 is 0 Å². The normalized spacial score (nSPS) is 12.6. The van der Waals surface area contributed by atoms with Crippen LogP contribution < -0.4 is 11.1 Å². The number of imidazole rings is 1. The fraction of sp³-hybridized carbons (Fsp3) is 0.286. The predicted octanol–water partition coefficient (Wildman–Crippen LogP) is 3.53. The highest BCUT2D eigenvalue weighted by Gasteiger charge is 2.20. The average Bonchev–Trinajstić information content (AvgIpc) is 3.10. The predicted molar refractivity (Wildman–Crippen MR) is 112 cm³/mol. The van der Waals surface area contributed by atoms with Gasteiger partial charge in [-0.1, -0.05) is 66.0 Å². The minimum absolute atomic E-state index is 0.0572. The monoisotopic (exact) mass is 370 g/mol. The average molecular weight is 370 g/mol. The van der Waals surface area contributed by atoms with Crippen LogP contribution in [0, 0.1) is 0 Å². The minimum atomic E-state index is -0.594. The summed E-state index contributed by atoms with van der Waals surface area (Å²) < 4.78 is 0. The van der Waals surface area contributed by atoms with Crippen molar-refractivity contribution in [1.82, 2.24) is 15.3 Å². The number of allylic oxidation sites excluding steroid dienone is 6. The Labute approximate surface area is 161 Å². The van der Waals surface area contributed by atoms with Crippen LogP contribution in [0.3, 0.4) is 0 Å². The van der Waals surface area contributed by atoms with Gasteiger partial charge in [0.2, 0.25) is 0 Å². The van der Waals surface area contributed by atoms with Gasteiger partial charge < -0.3 is 16.0 Å². The molecule has 0 spiro atoms. The van der Waals surface area contributed by atoms with Gasteiger partial charge in [0.25, 0.3) is 5.91 Å². The molecule has 6 heteroatoms. The van der Waals surface area contributed by atoms with E-state index >= 15 is 0 Å². The third-order valence-electron chi connectivity index (χ3n) is 3.23. The zero-order chi connectivity index (χ0) is 21.0. The number of carbonyl (C=O) groups excluding carboxylic acids is 2. The molecule has 6 nitrogen and oxygen atoms in total. The van der Waals surface area contributed by atoms with Crippen LogP contribution in [-0.2, 0) is 15.0 Å². The second kappa shape index (κ2) is 11.5. The van der Waals surface area contributed by atoms with Gasteiger partial charge in [-0.3, -0.25) is 9.59 Å². The highest BCUT2D eigenvalue weighted by molar-refractivity contribution is 6.00. The third kappa shape index (κ3) is 7.73. The van der Waals surface area contributed by atoms with Gasteiger partial charge in [0.05, 0.1) is 23.4 Å². The summed E-state index contributed by atoms with van der Waals surface area (Å²) in [6.07, 6.45) is 9.77. The molecule has 27 heavy (non-hydrogen) atoms. The first-order valence-electron chi connectivity index (χ1n) is 8.67. The quantitative estimate of drug-likeness (QED) is 0.388. The van der Waals surface area contributed by atoms with Crippen molar-refractivity contribution in [2.75, 3.05) is 0 Å². The van der Waals surface area contributed by atoms with Gasteiger partial charge in [0.1, 0.15) is 0 Å². The van der Waals surface area contributed by atoms with E-state index in [-0.39, 0.29) is 16.8 Å². The molecule has 0 atom stereocenters. The number of aldehydes is 1. The fourth-order valence-electron chi connectivity index (χ4n) is 2.02. The zero-order valence-corrected chi connectivity index (χ0v) is 16.8. The molecule has 0 radical (unpaired) electrons. The molecule has 0 aliphatic rings. The highest BCUT2D eigenvalue weighted by atomic mass is 16.2. The van der Waals surface area contributed by atoms with Crippen LogP contribution in [0.5, 0.6) is 0 Å². The lowest BCUT2D eigenvalue weighted by atomic mass is 9.90. The van der Waals surface area contributed by atoms with Gasteiger partial charge in [-0.15, -0.1) is 0 Å². The van der Waals surface area contributed by atoms with E-state index in [9.17, 15) is 9.59 Å². The standard InChI is InChI=1S/C19H24N4O2.C2H6/c1-6-8-13(7-2)9-14(11-24)23-18(25)15(20)10-16-17(19(3,4)5)22-12-21-16;1-2/h6-12H,1-2,20H2,3-5H3,(H,21,22)(H,23,25);1-2H3/b13-8+,14-9-,15-10-;. The Kier molecular flexibility index (Phi) is 10.1. The van der Waals surface area contributed by atoms with Crippen LogP contribution >= 0.6 is 0 Å². The molecule has 146 valence electrons. The SMILES string of the molecule is C=C/C=C(C=C)/C=C(/C=O)NC(=O)/C(N)=C/c1nc[nH]c1C(C)(C)C.CC. The molecule has 0 saturated carbocycles. The van der Waals surface area contributed by atoms with Crippen molar-refractivity contribution in [1.29, 1.82) is 0 Å². The van der Waals surface area contributed by atoms with Gasteiger partial charge in [0.15, 0.2) is 6.29 Å². The molecular weight excluding hydrogens is 340 g/mol. The molecule has 0 aliphatic carbocycles.